The Balaban J connectivity index is 1.42. The molecule has 0 amide bonds. The summed E-state index contributed by atoms with van der Waals surface area (Å²) in [5.74, 6) is 2.93. The van der Waals surface area contributed by atoms with Crippen molar-refractivity contribution in [2.45, 2.75) is 24.8 Å². The van der Waals surface area contributed by atoms with Crippen LogP contribution in [0.5, 0.6) is 0 Å². The van der Waals surface area contributed by atoms with Crippen LogP contribution in [0.15, 0.2) is 49.1 Å². The first-order chi connectivity index (χ1) is 17.7. The van der Waals surface area contributed by atoms with Crippen LogP contribution in [0.25, 0.3) is 22.3 Å². The lowest BCUT2D eigenvalue weighted by Gasteiger charge is -2.34. The Kier molecular flexibility index (Phi) is 5.83. The molecule has 36 heavy (non-hydrogen) atoms. The van der Waals surface area contributed by atoms with E-state index in [2.05, 4.69) is 36.6 Å². The van der Waals surface area contributed by atoms with Crippen molar-refractivity contribution in [3.8, 4) is 17.5 Å². The zero-order valence-corrected chi connectivity index (χ0v) is 19.5. The largest absolute Gasteiger partial charge is 0.353 e. The Morgan fingerprint density at radius 3 is 2.75 bits per heavy atom. The zero-order chi connectivity index (χ0) is 24.5. The molecule has 4 aromatic heterocycles. The molecule has 0 aromatic carbocycles. The molecular weight excluding hydrogens is 457 g/mol. The second-order valence-electron chi connectivity index (χ2n) is 9.12. The molecule has 1 atom stereocenters. The molecule has 2 aliphatic rings. The first kappa shape index (κ1) is 22.2. The number of rotatable bonds is 6. The molecule has 6 rings (SSSR count). The fourth-order valence-corrected chi connectivity index (χ4v) is 4.61. The Morgan fingerprint density at radius 2 is 1.94 bits per heavy atom. The van der Waals surface area contributed by atoms with E-state index in [-0.39, 0.29) is 6.04 Å². The van der Waals surface area contributed by atoms with Crippen molar-refractivity contribution >= 4 is 28.4 Å². The minimum Gasteiger partial charge on any atom is -0.353 e. The van der Waals surface area contributed by atoms with Crippen LogP contribution in [0, 0.1) is 11.3 Å². The first-order valence-corrected chi connectivity index (χ1v) is 12.0. The van der Waals surface area contributed by atoms with Gasteiger partial charge in [0.25, 0.3) is 0 Å². The van der Waals surface area contributed by atoms with Crippen molar-refractivity contribution < 1.29 is 4.39 Å². The third kappa shape index (κ3) is 4.41. The van der Waals surface area contributed by atoms with E-state index in [1.807, 2.05) is 18.3 Å². The SMILES string of the molecule is N#Cc1ccnc(Nc2cc(-c3nc(N4CCNC(CF)C4)c4c(C5CC5)cncc4n3)ccn2)c1. The summed E-state index contributed by atoms with van der Waals surface area (Å²) in [6.45, 7) is 1.54. The Labute approximate surface area is 207 Å². The zero-order valence-electron chi connectivity index (χ0n) is 19.5. The molecule has 10 heteroatoms. The van der Waals surface area contributed by atoms with Gasteiger partial charge in [-0.3, -0.25) is 4.98 Å². The standard InChI is InChI=1S/C26H24FN9/c27-11-19-15-36(8-7-30-19)26-24-20(17-1-2-17)13-29-14-21(24)33-25(35-26)18-4-6-32-23(10-18)34-22-9-16(12-28)3-5-31-22/h3-6,9-10,13-14,17,19,30H,1-2,7-8,11,15H2,(H,31,32,34). The lowest BCUT2D eigenvalue weighted by molar-refractivity contribution is 0.352. The molecule has 5 heterocycles. The average Bonchev–Trinajstić information content (AvgIpc) is 3.78. The molecule has 1 aliphatic heterocycles. The summed E-state index contributed by atoms with van der Waals surface area (Å²) in [5.41, 5.74) is 3.24. The van der Waals surface area contributed by atoms with Gasteiger partial charge < -0.3 is 15.5 Å². The van der Waals surface area contributed by atoms with Crippen LogP contribution >= 0.6 is 0 Å². The van der Waals surface area contributed by atoms with E-state index in [9.17, 15) is 4.39 Å². The van der Waals surface area contributed by atoms with Gasteiger partial charge in [-0.1, -0.05) is 0 Å². The van der Waals surface area contributed by atoms with E-state index in [1.54, 1.807) is 30.7 Å². The maximum absolute atomic E-state index is 13.5. The molecule has 0 spiro atoms. The molecule has 0 bridgehead atoms. The van der Waals surface area contributed by atoms with Crippen LogP contribution in [0.3, 0.4) is 0 Å². The van der Waals surface area contributed by atoms with E-state index in [0.29, 0.717) is 42.0 Å². The number of nitriles is 1. The van der Waals surface area contributed by atoms with Gasteiger partial charge in [-0.25, -0.2) is 24.3 Å². The monoisotopic (exact) mass is 481 g/mol. The summed E-state index contributed by atoms with van der Waals surface area (Å²) in [7, 11) is 0. The normalized spacial score (nSPS) is 17.7. The predicted molar refractivity (Wildman–Crippen MR) is 135 cm³/mol. The van der Waals surface area contributed by atoms with Crippen LogP contribution in [-0.2, 0) is 0 Å². The van der Waals surface area contributed by atoms with Crippen LogP contribution in [0.2, 0.25) is 0 Å². The van der Waals surface area contributed by atoms with Crippen molar-refractivity contribution in [3.05, 3.63) is 60.2 Å². The molecule has 1 saturated heterocycles. The number of hydrogen-bond acceptors (Lipinski definition) is 9. The molecule has 2 fully saturated rings. The second kappa shape index (κ2) is 9.43. The van der Waals surface area contributed by atoms with Crippen LogP contribution in [0.1, 0.15) is 29.9 Å². The summed E-state index contributed by atoms with van der Waals surface area (Å²) in [5, 5.41) is 16.6. The number of aromatic nitrogens is 5. The Bertz CT molecular complexity index is 1460. The fourth-order valence-electron chi connectivity index (χ4n) is 4.61. The Hall–Kier alpha value is -4.23. The van der Waals surface area contributed by atoms with Gasteiger partial charge >= 0.3 is 0 Å². The van der Waals surface area contributed by atoms with Gasteiger partial charge in [-0.15, -0.1) is 0 Å². The van der Waals surface area contributed by atoms with Crippen molar-refractivity contribution in [2.24, 2.45) is 0 Å². The van der Waals surface area contributed by atoms with Gasteiger partial charge in [0, 0.05) is 49.2 Å². The molecular formula is C26H24FN9. The first-order valence-electron chi connectivity index (χ1n) is 12.0. The molecule has 1 aliphatic carbocycles. The van der Waals surface area contributed by atoms with Crippen molar-refractivity contribution in [3.63, 3.8) is 0 Å². The van der Waals surface area contributed by atoms with E-state index >= 15 is 0 Å². The molecule has 180 valence electrons. The maximum atomic E-state index is 13.5. The van der Waals surface area contributed by atoms with Gasteiger partial charge in [-0.2, -0.15) is 5.26 Å². The smallest absolute Gasteiger partial charge is 0.162 e. The van der Waals surface area contributed by atoms with E-state index in [1.165, 1.54) is 5.56 Å². The van der Waals surface area contributed by atoms with Gasteiger partial charge in [0.1, 0.15) is 24.1 Å². The number of nitrogens with zero attached hydrogens (tertiary/aromatic N) is 7. The highest BCUT2D eigenvalue weighted by Crippen LogP contribution is 2.45. The molecule has 1 unspecified atom stereocenters. The summed E-state index contributed by atoms with van der Waals surface area (Å²) >= 11 is 0. The van der Waals surface area contributed by atoms with Crippen molar-refractivity contribution in [1.82, 2.24) is 30.2 Å². The number of pyridine rings is 3. The van der Waals surface area contributed by atoms with E-state index in [4.69, 9.17) is 15.2 Å². The number of anilines is 3. The maximum Gasteiger partial charge on any atom is 0.162 e. The van der Waals surface area contributed by atoms with Crippen molar-refractivity contribution in [1.29, 1.82) is 5.26 Å². The van der Waals surface area contributed by atoms with Gasteiger partial charge in [-0.05, 0) is 48.6 Å². The van der Waals surface area contributed by atoms with Crippen LogP contribution in [0.4, 0.5) is 21.8 Å². The number of nitrogens with one attached hydrogen (secondary N) is 2. The fraction of sp³-hybridized carbons (Fsp3) is 0.308. The van der Waals surface area contributed by atoms with Crippen molar-refractivity contribution in [2.75, 3.05) is 36.5 Å². The molecule has 4 aromatic rings. The number of alkyl halides is 1. The third-order valence-corrected chi connectivity index (χ3v) is 6.54. The number of piperazine rings is 1. The van der Waals surface area contributed by atoms with E-state index < -0.39 is 6.67 Å². The van der Waals surface area contributed by atoms with Gasteiger partial charge in [0.05, 0.1) is 29.4 Å². The molecule has 0 radical (unpaired) electrons. The second-order valence-corrected chi connectivity index (χ2v) is 9.12. The summed E-state index contributed by atoms with van der Waals surface area (Å²) in [6, 6.07) is 8.90. The highest BCUT2D eigenvalue weighted by molar-refractivity contribution is 5.94. The highest BCUT2D eigenvalue weighted by Gasteiger charge is 2.30. The Morgan fingerprint density at radius 1 is 1.11 bits per heavy atom. The third-order valence-electron chi connectivity index (χ3n) is 6.54. The number of halogens is 1. The van der Waals surface area contributed by atoms with Crippen LogP contribution < -0.4 is 15.5 Å². The summed E-state index contributed by atoms with van der Waals surface area (Å²) in [6.07, 6.45) is 9.24. The van der Waals surface area contributed by atoms with E-state index in [0.717, 1.165) is 41.7 Å². The molecule has 1 saturated carbocycles. The van der Waals surface area contributed by atoms with Gasteiger partial charge in [0.15, 0.2) is 5.82 Å². The van der Waals surface area contributed by atoms with Crippen LogP contribution in [-0.4, -0.2) is 57.3 Å². The van der Waals surface area contributed by atoms with Gasteiger partial charge in [0.2, 0.25) is 0 Å². The predicted octanol–water partition coefficient (Wildman–Crippen LogP) is 3.72. The average molecular weight is 482 g/mol. The summed E-state index contributed by atoms with van der Waals surface area (Å²) < 4.78 is 13.5. The number of hydrogen-bond donors (Lipinski definition) is 2. The highest BCUT2D eigenvalue weighted by atomic mass is 19.1. The molecule has 2 N–H and O–H groups in total. The minimum absolute atomic E-state index is 0.230. The topological polar surface area (TPSA) is 116 Å². The number of fused-ring (bicyclic) bond motifs is 1. The lowest BCUT2D eigenvalue weighted by atomic mass is 10.1. The molecule has 9 nitrogen and oxygen atoms in total. The minimum atomic E-state index is -0.427. The lowest BCUT2D eigenvalue weighted by Crippen LogP contribution is -2.52. The summed E-state index contributed by atoms with van der Waals surface area (Å²) in [4.78, 5) is 25.2. The quantitative estimate of drug-likeness (QED) is 0.425.